The van der Waals surface area contributed by atoms with Gasteiger partial charge in [0.25, 0.3) is 0 Å². The predicted molar refractivity (Wildman–Crippen MR) is 72.5 cm³/mol. The largest absolute Gasteiger partial charge is 0.121 e. The molecule has 0 aromatic heterocycles. The van der Waals surface area contributed by atoms with Crippen LogP contribution in [-0.4, -0.2) is 0 Å². The van der Waals surface area contributed by atoms with Gasteiger partial charge >= 0.3 is 0 Å². The summed E-state index contributed by atoms with van der Waals surface area (Å²) in [4.78, 5) is 1.10. The number of hydrogen-bond donors (Lipinski definition) is 0. The zero-order valence-electron chi connectivity index (χ0n) is 8.49. The second kappa shape index (κ2) is 5.62. The molecule has 16 heavy (non-hydrogen) atoms. The Labute approximate surface area is 110 Å². The molecule has 0 N–H and O–H groups in total. The number of rotatable bonds is 3. The monoisotopic (exact) mass is 268 g/mol. The first-order valence-corrected chi connectivity index (χ1v) is 6.61. The fourth-order valence-corrected chi connectivity index (χ4v) is 2.95. The maximum absolute atomic E-state index is 5.93. The van der Waals surface area contributed by atoms with Crippen LogP contribution in [0.25, 0.3) is 0 Å². The normalized spacial score (nSPS) is 10.4. The lowest BCUT2D eigenvalue weighted by atomic mass is 10.2. The van der Waals surface area contributed by atoms with E-state index in [-0.39, 0.29) is 0 Å². The van der Waals surface area contributed by atoms with Crippen molar-refractivity contribution < 1.29 is 0 Å². The smallest absolute Gasteiger partial charge is 0.0431 e. The first-order chi connectivity index (χ1) is 7.74. The molecule has 2 rings (SSSR count). The number of thioether (sulfide) groups is 1. The fraction of sp³-hybridized carbons (Fsp3) is 0.0769. The zero-order chi connectivity index (χ0) is 11.4. The van der Waals surface area contributed by atoms with Crippen LogP contribution in [-0.2, 0) is 5.75 Å². The van der Waals surface area contributed by atoms with Gasteiger partial charge < -0.3 is 0 Å². The Bertz CT molecular complexity index is 448. The minimum atomic E-state index is 0.683. The van der Waals surface area contributed by atoms with Gasteiger partial charge in [0.1, 0.15) is 0 Å². The summed E-state index contributed by atoms with van der Waals surface area (Å²) >= 11 is 13.6. The van der Waals surface area contributed by atoms with E-state index in [1.165, 1.54) is 5.56 Å². The Kier molecular flexibility index (Phi) is 4.16. The molecule has 0 aliphatic carbocycles. The Hall–Kier alpha value is -0.630. The molecule has 0 spiro atoms. The van der Waals surface area contributed by atoms with Crippen molar-refractivity contribution in [3.63, 3.8) is 0 Å². The van der Waals surface area contributed by atoms with Crippen LogP contribution >= 0.6 is 35.0 Å². The van der Waals surface area contributed by atoms with Gasteiger partial charge in [0.2, 0.25) is 0 Å². The molecule has 2 aromatic carbocycles. The minimum absolute atomic E-state index is 0.683. The molecule has 0 aliphatic heterocycles. The van der Waals surface area contributed by atoms with Gasteiger partial charge in [0.05, 0.1) is 0 Å². The van der Waals surface area contributed by atoms with Crippen LogP contribution in [0.15, 0.2) is 53.4 Å². The summed E-state index contributed by atoms with van der Waals surface area (Å²) < 4.78 is 0. The van der Waals surface area contributed by atoms with Crippen molar-refractivity contribution in [2.45, 2.75) is 10.6 Å². The second-order valence-corrected chi connectivity index (χ2v) is 5.30. The van der Waals surface area contributed by atoms with Crippen LogP contribution in [0, 0.1) is 0 Å². The standard InChI is InChI=1S/C13H10Cl2S/c14-11-6-12(15)8-13(7-11)16-9-10-4-2-1-3-5-10/h1-8H,9H2. The summed E-state index contributed by atoms with van der Waals surface area (Å²) in [6.45, 7) is 0. The van der Waals surface area contributed by atoms with Gasteiger partial charge in [0.15, 0.2) is 0 Å². The lowest BCUT2D eigenvalue weighted by Gasteiger charge is -2.03. The van der Waals surface area contributed by atoms with Crippen molar-refractivity contribution >= 4 is 35.0 Å². The van der Waals surface area contributed by atoms with Crippen LogP contribution in [0.4, 0.5) is 0 Å². The Morgan fingerprint density at radius 1 is 0.875 bits per heavy atom. The molecule has 0 atom stereocenters. The van der Waals surface area contributed by atoms with Crippen molar-refractivity contribution in [2.24, 2.45) is 0 Å². The van der Waals surface area contributed by atoms with Gasteiger partial charge in [-0.05, 0) is 23.8 Å². The average Bonchev–Trinajstić information content (AvgIpc) is 2.27. The Morgan fingerprint density at radius 3 is 2.12 bits per heavy atom. The van der Waals surface area contributed by atoms with Crippen LogP contribution in [0.1, 0.15) is 5.56 Å². The Balaban J connectivity index is 2.05. The summed E-state index contributed by atoms with van der Waals surface area (Å²) in [5, 5.41) is 1.37. The highest BCUT2D eigenvalue weighted by Crippen LogP contribution is 2.28. The molecule has 0 nitrogen and oxygen atoms in total. The van der Waals surface area contributed by atoms with E-state index in [2.05, 4.69) is 12.1 Å². The van der Waals surface area contributed by atoms with Gasteiger partial charge in [-0.2, -0.15) is 0 Å². The van der Waals surface area contributed by atoms with Gasteiger partial charge in [-0.3, -0.25) is 0 Å². The third-order valence-electron chi connectivity index (χ3n) is 2.08. The summed E-state index contributed by atoms with van der Waals surface area (Å²) in [6, 6.07) is 15.9. The maximum atomic E-state index is 5.93. The molecule has 0 heterocycles. The number of hydrogen-bond acceptors (Lipinski definition) is 1. The third kappa shape index (κ3) is 3.44. The lowest BCUT2D eigenvalue weighted by molar-refractivity contribution is 1.38. The van der Waals surface area contributed by atoms with Gasteiger partial charge in [0, 0.05) is 20.7 Å². The van der Waals surface area contributed by atoms with E-state index in [4.69, 9.17) is 23.2 Å². The topological polar surface area (TPSA) is 0 Å². The van der Waals surface area contributed by atoms with E-state index in [0.717, 1.165) is 10.6 Å². The van der Waals surface area contributed by atoms with Crippen molar-refractivity contribution in [2.75, 3.05) is 0 Å². The van der Waals surface area contributed by atoms with Crippen LogP contribution in [0.5, 0.6) is 0 Å². The van der Waals surface area contributed by atoms with Gasteiger partial charge in [-0.25, -0.2) is 0 Å². The van der Waals surface area contributed by atoms with Crippen molar-refractivity contribution in [3.8, 4) is 0 Å². The second-order valence-electron chi connectivity index (χ2n) is 3.38. The highest BCUT2D eigenvalue weighted by Gasteiger charge is 1.99. The molecule has 82 valence electrons. The number of benzene rings is 2. The van der Waals surface area contributed by atoms with Gasteiger partial charge in [-0.15, -0.1) is 11.8 Å². The molecule has 0 fully saturated rings. The molecule has 0 unspecified atom stereocenters. The van der Waals surface area contributed by atoms with E-state index in [1.807, 2.05) is 30.3 Å². The SMILES string of the molecule is Clc1cc(Cl)cc(SCc2ccccc2)c1. The molecule has 0 saturated heterocycles. The third-order valence-corrected chi connectivity index (χ3v) is 3.57. The highest BCUT2D eigenvalue weighted by molar-refractivity contribution is 7.98. The van der Waals surface area contributed by atoms with Crippen LogP contribution in [0.3, 0.4) is 0 Å². The zero-order valence-corrected chi connectivity index (χ0v) is 10.8. The van der Waals surface area contributed by atoms with Crippen molar-refractivity contribution in [1.82, 2.24) is 0 Å². The molecular weight excluding hydrogens is 259 g/mol. The first-order valence-electron chi connectivity index (χ1n) is 4.87. The van der Waals surface area contributed by atoms with Crippen LogP contribution < -0.4 is 0 Å². The Morgan fingerprint density at radius 2 is 1.50 bits per heavy atom. The van der Waals surface area contributed by atoms with Gasteiger partial charge in [-0.1, -0.05) is 53.5 Å². The minimum Gasteiger partial charge on any atom is -0.121 e. The summed E-state index contributed by atoms with van der Waals surface area (Å²) in [7, 11) is 0. The van der Waals surface area contributed by atoms with Crippen molar-refractivity contribution in [3.05, 3.63) is 64.1 Å². The first kappa shape index (κ1) is 11.8. The predicted octanol–water partition coefficient (Wildman–Crippen LogP) is 5.29. The van der Waals surface area contributed by atoms with E-state index in [1.54, 1.807) is 17.8 Å². The molecule has 2 aromatic rings. The van der Waals surface area contributed by atoms with Crippen LogP contribution in [0.2, 0.25) is 10.0 Å². The molecule has 0 bridgehead atoms. The molecule has 0 aliphatic rings. The maximum Gasteiger partial charge on any atom is 0.0431 e. The number of halogens is 2. The molecule has 0 saturated carbocycles. The summed E-state index contributed by atoms with van der Waals surface area (Å²) in [5.74, 6) is 0.928. The summed E-state index contributed by atoms with van der Waals surface area (Å²) in [5.41, 5.74) is 1.29. The molecule has 3 heteroatoms. The van der Waals surface area contributed by atoms with E-state index in [0.29, 0.717) is 10.0 Å². The van der Waals surface area contributed by atoms with E-state index in [9.17, 15) is 0 Å². The molecule has 0 amide bonds. The van der Waals surface area contributed by atoms with Crippen molar-refractivity contribution in [1.29, 1.82) is 0 Å². The van der Waals surface area contributed by atoms with E-state index < -0.39 is 0 Å². The lowest BCUT2D eigenvalue weighted by Crippen LogP contribution is -1.79. The molecule has 0 radical (unpaired) electrons. The molecular formula is C13H10Cl2S. The summed E-state index contributed by atoms with van der Waals surface area (Å²) in [6.07, 6.45) is 0. The highest BCUT2D eigenvalue weighted by atomic mass is 35.5. The quantitative estimate of drug-likeness (QED) is 0.682. The fourth-order valence-electron chi connectivity index (χ4n) is 1.35. The average molecular weight is 269 g/mol. The van der Waals surface area contributed by atoms with E-state index >= 15 is 0 Å².